The first-order chi connectivity index (χ1) is 12.3. The number of piperidine rings is 1. The zero-order valence-electron chi connectivity index (χ0n) is 14.6. The third-order valence-corrected chi connectivity index (χ3v) is 5.43. The van der Waals surface area contributed by atoms with Crippen LogP contribution < -0.4 is 0 Å². The van der Waals surface area contributed by atoms with Crippen molar-refractivity contribution in [3.05, 3.63) is 54.2 Å². The van der Waals surface area contributed by atoms with Gasteiger partial charge in [-0.2, -0.15) is 0 Å². The summed E-state index contributed by atoms with van der Waals surface area (Å²) < 4.78 is 17.5. The molecule has 2 aliphatic rings. The maximum atomic E-state index is 6.14. The Balaban J connectivity index is 1.40. The average molecular weight is 342 g/mol. The molecule has 0 amide bonds. The van der Waals surface area contributed by atoms with Crippen LogP contribution in [0.5, 0.6) is 0 Å². The van der Waals surface area contributed by atoms with E-state index in [0.717, 1.165) is 51.3 Å². The molecule has 5 nitrogen and oxygen atoms in total. The Kier molecular flexibility index (Phi) is 5.15. The lowest BCUT2D eigenvalue weighted by molar-refractivity contribution is -0.155. The van der Waals surface area contributed by atoms with Gasteiger partial charge in [0.1, 0.15) is 0 Å². The maximum absolute atomic E-state index is 6.14. The highest BCUT2D eigenvalue weighted by molar-refractivity contribution is 5.08. The van der Waals surface area contributed by atoms with E-state index < -0.39 is 0 Å². The van der Waals surface area contributed by atoms with Crippen LogP contribution in [0, 0.1) is 5.41 Å². The minimum absolute atomic E-state index is 0.0996. The van der Waals surface area contributed by atoms with Crippen LogP contribution in [0.1, 0.15) is 30.4 Å². The monoisotopic (exact) mass is 342 g/mol. The summed E-state index contributed by atoms with van der Waals surface area (Å²) in [5.41, 5.74) is 2.46. The summed E-state index contributed by atoms with van der Waals surface area (Å²) in [6.45, 7) is 5.28. The molecule has 0 aliphatic carbocycles. The predicted octanol–water partition coefficient (Wildman–Crippen LogP) is 3.26. The molecule has 0 radical (unpaired) electrons. The Labute approximate surface area is 148 Å². The van der Waals surface area contributed by atoms with E-state index in [1.807, 2.05) is 18.5 Å². The molecule has 4 rings (SSSR count). The fraction of sp³-hybridized carbons (Fsp3) is 0.550. The molecule has 2 saturated heterocycles. The molecular formula is C20H26N2O3. The van der Waals surface area contributed by atoms with Gasteiger partial charge < -0.3 is 13.9 Å². The molecule has 2 fully saturated rings. The minimum Gasteiger partial charge on any atom is -0.472 e. The molecule has 0 aromatic carbocycles. The Bertz CT molecular complexity index is 646. The zero-order chi connectivity index (χ0) is 17.0. The second kappa shape index (κ2) is 7.68. The third kappa shape index (κ3) is 3.94. The molecule has 134 valence electrons. The number of fused-ring (bicyclic) bond motifs is 1. The standard InChI is InChI=1S/C20H26N2O3/c1-3-17(11-21-7-1)13-24-16-20-6-2-9-25-19(20)4-8-22(15-20)12-18-5-10-23-14-18/h1,3,5,7,10-11,14,19H,2,4,6,8-9,12-13,15-16H2/t19-,20+/m1/s1. The van der Waals surface area contributed by atoms with E-state index in [1.54, 1.807) is 12.5 Å². The molecule has 4 heterocycles. The van der Waals surface area contributed by atoms with Gasteiger partial charge in [0.2, 0.25) is 0 Å². The Morgan fingerprint density at radius 3 is 3.16 bits per heavy atom. The van der Waals surface area contributed by atoms with Crippen molar-refractivity contribution in [1.29, 1.82) is 0 Å². The molecule has 2 aromatic heterocycles. The van der Waals surface area contributed by atoms with E-state index in [4.69, 9.17) is 13.9 Å². The van der Waals surface area contributed by atoms with Crippen LogP contribution in [-0.2, 0) is 22.6 Å². The van der Waals surface area contributed by atoms with Crippen LogP contribution in [0.25, 0.3) is 0 Å². The molecule has 0 unspecified atom stereocenters. The molecule has 25 heavy (non-hydrogen) atoms. The van der Waals surface area contributed by atoms with Gasteiger partial charge in [-0.3, -0.25) is 9.88 Å². The van der Waals surface area contributed by atoms with Gasteiger partial charge in [-0.1, -0.05) is 6.07 Å². The first-order valence-corrected chi connectivity index (χ1v) is 9.16. The molecule has 2 atom stereocenters. The summed E-state index contributed by atoms with van der Waals surface area (Å²) >= 11 is 0. The number of rotatable bonds is 6. The largest absolute Gasteiger partial charge is 0.472 e. The second-order valence-corrected chi connectivity index (χ2v) is 7.31. The normalized spacial score (nSPS) is 27.1. The lowest BCUT2D eigenvalue weighted by atomic mass is 9.73. The van der Waals surface area contributed by atoms with Gasteiger partial charge in [-0.05, 0) is 37.0 Å². The first kappa shape index (κ1) is 16.8. The zero-order valence-corrected chi connectivity index (χ0v) is 14.6. The van der Waals surface area contributed by atoms with Crippen molar-refractivity contribution in [3.8, 4) is 0 Å². The maximum Gasteiger partial charge on any atom is 0.0947 e. The van der Waals surface area contributed by atoms with Crippen LogP contribution in [0.4, 0.5) is 0 Å². The number of hydrogen-bond acceptors (Lipinski definition) is 5. The number of hydrogen-bond donors (Lipinski definition) is 0. The van der Waals surface area contributed by atoms with Gasteiger partial charge in [0, 0.05) is 49.6 Å². The number of pyridine rings is 1. The van der Waals surface area contributed by atoms with Crippen molar-refractivity contribution in [2.45, 2.75) is 38.5 Å². The average Bonchev–Trinajstić information content (AvgIpc) is 3.15. The van der Waals surface area contributed by atoms with Crippen molar-refractivity contribution < 1.29 is 13.9 Å². The number of likely N-dealkylation sites (tertiary alicyclic amines) is 1. The fourth-order valence-electron chi connectivity index (χ4n) is 4.22. The topological polar surface area (TPSA) is 47.7 Å². The molecule has 2 aliphatic heterocycles. The molecule has 0 spiro atoms. The van der Waals surface area contributed by atoms with Crippen molar-refractivity contribution in [2.24, 2.45) is 5.41 Å². The van der Waals surface area contributed by atoms with Gasteiger partial charge in [0.05, 0.1) is 31.8 Å². The van der Waals surface area contributed by atoms with Crippen LogP contribution in [0.15, 0.2) is 47.5 Å². The second-order valence-electron chi connectivity index (χ2n) is 7.31. The first-order valence-electron chi connectivity index (χ1n) is 9.16. The molecular weight excluding hydrogens is 316 g/mol. The van der Waals surface area contributed by atoms with Gasteiger partial charge in [-0.15, -0.1) is 0 Å². The van der Waals surface area contributed by atoms with Gasteiger partial charge in [-0.25, -0.2) is 0 Å². The van der Waals surface area contributed by atoms with Crippen LogP contribution >= 0.6 is 0 Å². The Morgan fingerprint density at radius 1 is 1.32 bits per heavy atom. The summed E-state index contributed by atoms with van der Waals surface area (Å²) in [4.78, 5) is 6.68. The SMILES string of the molecule is c1cncc(COC[C@@]23CCCO[C@@H]2CCN(Cc2ccoc2)C3)c1. The smallest absolute Gasteiger partial charge is 0.0947 e. The fourth-order valence-corrected chi connectivity index (χ4v) is 4.22. The van der Waals surface area contributed by atoms with Crippen LogP contribution in [0.2, 0.25) is 0 Å². The Hall–Kier alpha value is -1.69. The van der Waals surface area contributed by atoms with E-state index in [9.17, 15) is 0 Å². The molecule has 0 bridgehead atoms. The van der Waals surface area contributed by atoms with Crippen molar-refractivity contribution in [2.75, 3.05) is 26.3 Å². The molecule has 5 heteroatoms. The van der Waals surface area contributed by atoms with Crippen LogP contribution in [-0.4, -0.2) is 42.3 Å². The number of nitrogens with zero attached hydrogens (tertiary/aromatic N) is 2. The summed E-state index contributed by atoms with van der Waals surface area (Å²) in [6.07, 6.45) is 10.9. The predicted molar refractivity (Wildman–Crippen MR) is 93.9 cm³/mol. The van der Waals surface area contributed by atoms with Crippen molar-refractivity contribution in [3.63, 3.8) is 0 Å². The molecule has 0 saturated carbocycles. The quantitative estimate of drug-likeness (QED) is 0.806. The van der Waals surface area contributed by atoms with Gasteiger partial charge >= 0.3 is 0 Å². The van der Waals surface area contributed by atoms with Crippen LogP contribution in [0.3, 0.4) is 0 Å². The summed E-state index contributed by atoms with van der Waals surface area (Å²) in [5, 5.41) is 0. The van der Waals surface area contributed by atoms with E-state index >= 15 is 0 Å². The number of aromatic nitrogens is 1. The number of ether oxygens (including phenoxy) is 2. The van der Waals surface area contributed by atoms with E-state index in [-0.39, 0.29) is 5.41 Å². The van der Waals surface area contributed by atoms with E-state index in [2.05, 4.69) is 22.0 Å². The number of furan rings is 1. The lowest BCUT2D eigenvalue weighted by Gasteiger charge is -2.50. The molecule has 0 N–H and O–H groups in total. The minimum atomic E-state index is 0.0996. The lowest BCUT2D eigenvalue weighted by Crippen LogP contribution is -2.56. The van der Waals surface area contributed by atoms with E-state index in [0.29, 0.717) is 12.7 Å². The van der Waals surface area contributed by atoms with E-state index in [1.165, 1.54) is 12.0 Å². The van der Waals surface area contributed by atoms with Gasteiger partial charge in [0.25, 0.3) is 0 Å². The highest BCUT2D eigenvalue weighted by Crippen LogP contribution is 2.41. The van der Waals surface area contributed by atoms with Gasteiger partial charge in [0.15, 0.2) is 0 Å². The summed E-state index contributed by atoms with van der Waals surface area (Å²) in [7, 11) is 0. The highest BCUT2D eigenvalue weighted by Gasteiger charge is 2.46. The summed E-state index contributed by atoms with van der Waals surface area (Å²) in [5.74, 6) is 0. The third-order valence-electron chi connectivity index (χ3n) is 5.43. The highest BCUT2D eigenvalue weighted by atomic mass is 16.5. The van der Waals surface area contributed by atoms with Crippen molar-refractivity contribution >= 4 is 0 Å². The van der Waals surface area contributed by atoms with Crippen molar-refractivity contribution in [1.82, 2.24) is 9.88 Å². The summed E-state index contributed by atoms with van der Waals surface area (Å²) in [6, 6.07) is 6.07. The molecule has 2 aromatic rings. The Morgan fingerprint density at radius 2 is 2.32 bits per heavy atom.